The van der Waals surface area contributed by atoms with E-state index in [9.17, 15) is 4.79 Å². The van der Waals surface area contributed by atoms with Gasteiger partial charge >= 0.3 is 0 Å². The van der Waals surface area contributed by atoms with Crippen molar-refractivity contribution in [3.8, 4) is 11.4 Å². The van der Waals surface area contributed by atoms with Crippen LogP contribution in [0.5, 0.6) is 0 Å². The minimum Gasteiger partial charge on any atom is -0.297 e. The van der Waals surface area contributed by atoms with Gasteiger partial charge in [0.1, 0.15) is 5.69 Å². The third-order valence-corrected chi connectivity index (χ3v) is 2.13. The SMILES string of the molecule is O=Cc1cc(-c2ccn[nH]2)ns1. The summed E-state index contributed by atoms with van der Waals surface area (Å²) in [6, 6.07) is 3.54. The van der Waals surface area contributed by atoms with Gasteiger partial charge in [-0.3, -0.25) is 9.89 Å². The van der Waals surface area contributed by atoms with E-state index >= 15 is 0 Å². The largest absolute Gasteiger partial charge is 0.297 e. The van der Waals surface area contributed by atoms with Crippen molar-refractivity contribution in [2.45, 2.75) is 0 Å². The third kappa shape index (κ3) is 1.14. The molecule has 2 heterocycles. The van der Waals surface area contributed by atoms with Crippen LogP contribution in [0, 0.1) is 0 Å². The van der Waals surface area contributed by atoms with Gasteiger partial charge in [0.2, 0.25) is 0 Å². The topological polar surface area (TPSA) is 58.6 Å². The van der Waals surface area contributed by atoms with Crippen LogP contribution in [0.3, 0.4) is 0 Å². The van der Waals surface area contributed by atoms with Crippen LogP contribution in [0.25, 0.3) is 11.4 Å². The van der Waals surface area contributed by atoms with Crippen LogP contribution in [0.4, 0.5) is 0 Å². The predicted molar refractivity (Wildman–Crippen MR) is 45.1 cm³/mol. The van der Waals surface area contributed by atoms with Crippen LogP contribution in [0.1, 0.15) is 9.67 Å². The van der Waals surface area contributed by atoms with E-state index in [0.29, 0.717) is 4.88 Å². The zero-order chi connectivity index (χ0) is 8.39. The molecule has 60 valence electrons. The fraction of sp³-hybridized carbons (Fsp3) is 0. The molecule has 0 aromatic carbocycles. The number of carbonyl (C=O) groups excluding carboxylic acids is 1. The van der Waals surface area contributed by atoms with Crippen molar-refractivity contribution in [2.75, 3.05) is 0 Å². The molecule has 4 nitrogen and oxygen atoms in total. The predicted octanol–water partition coefficient (Wildman–Crippen LogP) is 1.35. The van der Waals surface area contributed by atoms with E-state index in [4.69, 9.17) is 0 Å². The molecule has 0 spiro atoms. The Bertz CT molecular complexity index is 379. The van der Waals surface area contributed by atoms with E-state index in [1.54, 1.807) is 12.3 Å². The molecular formula is C7H5N3OS. The average Bonchev–Trinajstić information content (AvgIpc) is 2.75. The van der Waals surface area contributed by atoms with Gasteiger partial charge in [0.15, 0.2) is 6.29 Å². The van der Waals surface area contributed by atoms with Gasteiger partial charge in [0, 0.05) is 6.20 Å². The fourth-order valence-corrected chi connectivity index (χ4v) is 1.43. The van der Waals surface area contributed by atoms with Gasteiger partial charge in [-0.05, 0) is 23.7 Å². The van der Waals surface area contributed by atoms with Gasteiger partial charge in [-0.1, -0.05) is 0 Å². The number of hydrogen-bond donors (Lipinski definition) is 1. The number of nitrogens with zero attached hydrogens (tertiary/aromatic N) is 2. The van der Waals surface area contributed by atoms with Crippen molar-refractivity contribution >= 4 is 17.8 Å². The Morgan fingerprint density at radius 1 is 1.58 bits per heavy atom. The molecule has 0 atom stereocenters. The van der Waals surface area contributed by atoms with Gasteiger partial charge < -0.3 is 0 Å². The average molecular weight is 179 g/mol. The second-order valence-electron chi connectivity index (χ2n) is 2.20. The first-order chi connectivity index (χ1) is 5.90. The Morgan fingerprint density at radius 3 is 3.08 bits per heavy atom. The summed E-state index contributed by atoms with van der Waals surface area (Å²) in [4.78, 5) is 11.0. The molecule has 12 heavy (non-hydrogen) atoms. The molecular weight excluding hydrogens is 174 g/mol. The zero-order valence-corrected chi connectivity index (χ0v) is 6.84. The minimum absolute atomic E-state index is 0.625. The van der Waals surface area contributed by atoms with E-state index in [2.05, 4.69) is 14.6 Å². The molecule has 0 aliphatic carbocycles. The molecule has 0 saturated heterocycles. The summed E-state index contributed by atoms with van der Waals surface area (Å²) in [5, 5.41) is 6.55. The number of carbonyl (C=O) groups is 1. The molecule has 5 heteroatoms. The normalized spacial score (nSPS) is 10.0. The molecule has 0 unspecified atom stereocenters. The summed E-state index contributed by atoms with van der Waals surface area (Å²) in [5.74, 6) is 0. The molecule has 0 aliphatic heterocycles. The maximum atomic E-state index is 10.3. The Morgan fingerprint density at radius 2 is 2.50 bits per heavy atom. The highest BCUT2D eigenvalue weighted by Gasteiger charge is 2.03. The quantitative estimate of drug-likeness (QED) is 0.708. The molecule has 0 saturated carbocycles. The van der Waals surface area contributed by atoms with Gasteiger partial charge in [-0.25, -0.2) is 0 Å². The molecule has 0 bridgehead atoms. The first-order valence-corrected chi connectivity index (χ1v) is 4.09. The monoisotopic (exact) mass is 179 g/mol. The molecule has 2 aromatic heterocycles. The first-order valence-electron chi connectivity index (χ1n) is 3.32. The van der Waals surface area contributed by atoms with Gasteiger partial charge in [-0.2, -0.15) is 9.47 Å². The first kappa shape index (κ1) is 7.17. The third-order valence-electron chi connectivity index (χ3n) is 1.42. The summed E-state index contributed by atoms with van der Waals surface area (Å²) < 4.78 is 4.07. The van der Waals surface area contributed by atoms with E-state index in [0.717, 1.165) is 17.7 Å². The lowest BCUT2D eigenvalue weighted by Crippen LogP contribution is -1.75. The summed E-state index contributed by atoms with van der Waals surface area (Å²) in [6.07, 6.45) is 2.44. The maximum Gasteiger partial charge on any atom is 0.161 e. The second-order valence-corrected chi connectivity index (χ2v) is 3.04. The number of hydrogen-bond acceptors (Lipinski definition) is 4. The Hall–Kier alpha value is -1.49. The van der Waals surface area contributed by atoms with Crippen molar-refractivity contribution in [3.05, 3.63) is 23.2 Å². The van der Waals surface area contributed by atoms with Gasteiger partial charge in [-0.15, -0.1) is 0 Å². The smallest absolute Gasteiger partial charge is 0.161 e. The lowest BCUT2D eigenvalue weighted by molar-refractivity contribution is 0.112. The van der Waals surface area contributed by atoms with Crippen LogP contribution in [-0.4, -0.2) is 20.9 Å². The van der Waals surface area contributed by atoms with E-state index in [1.807, 2.05) is 6.07 Å². The number of aromatic amines is 1. The van der Waals surface area contributed by atoms with Gasteiger partial charge in [0.25, 0.3) is 0 Å². The standard InChI is InChI=1S/C7H5N3OS/c11-4-5-3-7(10-12-5)6-1-2-8-9-6/h1-4H,(H,8,9). The van der Waals surface area contributed by atoms with E-state index in [1.165, 1.54) is 11.5 Å². The van der Waals surface area contributed by atoms with Crippen LogP contribution >= 0.6 is 11.5 Å². The Labute approximate surface area is 72.4 Å². The summed E-state index contributed by atoms with van der Waals surface area (Å²) in [6.45, 7) is 0. The number of nitrogens with one attached hydrogen (secondary N) is 1. The van der Waals surface area contributed by atoms with Crippen LogP contribution < -0.4 is 0 Å². The second kappa shape index (κ2) is 2.86. The van der Waals surface area contributed by atoms with E-state index in [-0.39, 0.29) is 0 Å². The maximum absolute atomic E-state index is 10.3. The lowest BCUT2D eigenvalue weighted by atomic mass is 10.3. The van der Waals surface area contributed by atoms with Crippen LogP contribution in [0.15, 0.2) is 18.3 Å². The Kier molecular flexibility index (Phi) is 1.71. The highest BCUT2D eigenvalue weighted by Crippen LogP contribution is 2.17. The summed E-state index contributed by atoms with van der Waals surface area (Å²) in [7, 11) is 0. The van der Waals surface area contributed by atoms with Crippen molar-refractivity contribution < 1.29 is 4.79 Å². The van der Waals surface area contributed by atoms with Gasteiger partial charge in [0.05, 0.1) is 10.6 Å². The fourth-order valence-electron chi connectivity index (χ4n) is 0.870. The molecule has 0 radical (unpaired) electrons. The zero-order valence-electron chi connectivity index (χ0n) is 6.02. The van der Waals surface area contributed by atoms with E-state index < -0.39 is 0 Å². The number of rotatable bonds is 2. The number of aromatic nitrogens is 3. The molecule has 0 fully saturated rings. The number of H-pyrrole nitrogens is 1. The summed E-state index contributed by atoms with van der Waals surface area (Å²) in [5.41, 5.74) is 1.60. The summed E-state index contributed by atoms with van der Waals surface area (Å²) >= 11 is 1.18. The lowest BCUT2D eigenvalue weighted by Gasteiger charge is -1.84. The minimum atomic E-state index is 0.625. The van der Waals surface area contributed by atoms with Crippen molar-refractivity contribution in [3.63, 3.8) is 0 Å². The molecule has 1 N–H and O–H groups in total. The van der Waals surface area contributed by atoms with Crippen molar-refractivity contribution in [2.24, 2.45) is 0 Å². The molecule has 0 aliphatic rings. The molecule has 2 rings (SSSR count). The molecule has 0 amide bonds. The van der Waals surface area contributed by atoms with Crippen LogP contribution in [-0.2, 0) is 0 Å². The number of aldehydes is 1. The molecule has 2 aromatic rings. The highest BCUT2D eigenvalue weighted by atomic mass is 32.1. The Balaban J connectivity index is 2.41. The van der Waals surface area contributed by atoms with Crippen molar-refractivity contribution in [1.29, 1.82) is 0 Å². The van der Waals surface area contributed by atoms with Crippen LogP contribution in [0.2, 0.25) is 0 Å². The van der Waals surface area contributed by atoms with Crippen molar-refractivity contribution in [1.82, 2.24) is 14.6 Å². The highest BCUT2D eigenvalue weighted by molar-refractivity contribution is 7.07.